The van der Waals surface area contributed by atoms with Crippen LogP contribution in [-0.4, -0.2) is 36.0 Å². The summed E-state index contributed by atoms with van der Waals surface area (Å²) in [6.45, 7) is 6.63. The van der Waals surface area contributed by atoms with Crippen LogP contribution in [0.3, 0.4) is 0 Å². The zero-order chi connectivity index (χ0) is 16.2. The van der Waals surface area contributed by atoms with Crippen molar-refractivity contribution in [3.8, 4) is 0 Å². The summed E-state index contributed by atoms with van der Waals surface area (Å²) < 4.78 is 0. The predicted molar refractivity (Wildman–Crippen MR) is 95.5 cm³/mol. The van der Waals surface area contributed by atoms with E-state index < -0.39 is 0 Å². The summed E-state index contributed by atoms with van der Waals surface area (Å²) >= 11 is 0. The van der Waals surface area contributed by atoms with Crippen molar-refractivity contribution in [2.75, 3.05) is 13.1 Å². The molecule has 122 valence electrons. The average Bonchev–Trinajstić information content (AvgIpc) is 2.55. The van der Waals surface area contributed by atoms with E-state index in [1.165, 1.54) is 10.8 Å². The molecule has 1 saturated heterocycles. The number of rotatable bonds is 4. The van der Waals surface area contributed by atoms with Gasteiger partial charge in [0.05, 0.1) is 6.42 Å². The summed E-state index contributed by atoms with van der Waals surface area (Å²) in [5, 5.41) is 5.60. The van der Waals surface area contributed by atoms with Crippen LogP contribution in [0.4, 0.5) is 0 Å². The van der Waals surface area contributed by atoms with Crippen LogP contribution in [-0.2, 0) is 11.2 Å². The molecule has 3 heteroatoms. The molecular weight excluding hydrogens is 284 g/mol. The third kappa shape index (κ3) is 3.91. The maximum Gasteiger partial charge on any atom is 0.224 e. The number of likely N-dealkylation sites (tertiary alicyclic amines) is 1. The van der Waals surface area contributed by atoms with Gasteiger partial charge in [-0.2, -0.15) is 0 Å². The molecule has 2 aromatic rings. The Labute approximate surface area is 138 Å². The molecule has 2 aromatic carbocycles. The number of hydrogen-bond donors (Lipinski definition) is 1. The third-order valence-corrected chi connectivity index (χ3v) is 4.86. The summed E-state index contributed by atoms with van der Waals surface area (Å²) in [6, 6.07) is 15.4. The maximum absolute atomic E-state index is 12.4. The van der Waals surface area contributed by atoms with Gasteiger partial charge in [-0.25, -0.2) is 0 Å². The van der Waals surface area contributed by atoms with E-state index in [2.05, 4.69) is 48.3 Å². The minimum absolute atomic E-state index is 0.143. The van der Waals surface area contributed by atoms with E-state index >= 15 is 0 Å². The number of fused-ring (bicyclic) bond motifs is 1. The summed E-state index contributed by atoms with van der Waals surface area (Å²) in [5.41, 5.74) is 1.11. The molecule has 0 aliphatic carbocycles. The topological polar surface area (TPSA) is 32.3 Å². The number of hydrogen-bond acceptors (Lipinski definition) is 2. The first-order valence-electron chi connectivity index (χ1n) is 8.63. The monoisotopic (exact) mass is 310 g/mol. The largest absolute Gasteiger partial charge is 0.353 e. The zero-order valence-electron chi connectivity index (χ0n) is 14.1. The molecule has 1 aliphatic heterocycles. The van der Waals surface area contributed by atoms with E-state index in [9.17, 15) is 4.79 Å². The van der Waals surface area contributed by atoms with Crippen LogP contribution < -0.4 is 5.32 Å². The van der Waals surface area contributed by atoms with Gasteiger partial charge < -0.3 is 10.2 Å². The quantitative estimate of drug-likeness (QED) is 0.939. The second-order valence-electron chi connectivity index (χ2n) is 6.79. The molecule has 3 rings (SSSR count). The van der Waals surface area contributed by atoms with E-state index in [-0.39, 0.29) is 5.91 Å². The van der Waals surface area contributed by atoms with Gasteiger partial charge in [-0.3, -0.25) is 4.79 Å². The Kier molecular flexibility index (Phi) is 4.97. The van der Waals surface area contributed by atoms with Crippen molar-refractivity contribution >= 4 is 16.7 Å². The minimum atomic E-state index is 0.143. The number of carbonyl (C=O) groups is 1. The highest BCUT2D eigenvalue weighted by Gasteiger charge is 2.22. The first-order valence-corrected chi connectivity index (χ1v) is 8.63. The van der Waals surface area contributed by atoms with Crippen LogP contribution in [0, 0.1) is 0 Å². The minimum Gasteiger partial charge on any atom is -0.353 e. The fraction of sp³-hybridized carbons (Fsp3) is 0.450. The lowest BCUT2D eigenvalue weighted by Gasteiger charge is -2.34. The van der Waals surface area contributed by atoms with Crippen LogP contribution in [0.25, 0.3) is 10.8 Å². The van der Waals surface area contributed by atoms with Crippen molar-refractivity contribution in [2.24, 2.45) is 0 Å². The number of carbonyl (C=O) groups excluding carboxylic acids is 1. The Morgan fingerprint density at radius 2 is 1.83 bits per heavy atom. The van der Waals surface area contributed by atoms with E-state index in [0.29, 0.717) is 18.5 Å². The van der Waals surface area contributed by atoms with Crippen LogP contribution in [0.2, 0.25) is 0 Å². The maximum atomic E-state index is 12.4. The number of nitrogens with one attached hydrogen (secondary N) is 1. The molecule has 0 bridgehead atoms. The molecule has 23 heavy (non-hydrogen) atoms. The lowest BCUT2D eigenvalue weighted by atomic mass is 10.0. The number of piperidine rings is 1. The number of amides is 1. The second-order valence-corrected chi connectivity index (χ2v) is 6.79. The van der Waals surface area contributed by atoms with Gasteiger partial charge in [0.25, 0.3) is 0 Å². The van der Waals surface area contributed by atoms with Crippen LogP contribution >= 0.6 is 0 Å². The summed E-state index contributed by atoms with van der Waals surface area (Å²) in [5.74, 6) is 0.143. The molecule has 3 nitrogen and oxygen atoms in total. The van der Waals surface area contributed by atoms with Crippen molar-refractivity contribution < 1.29 is 4.79 Å². The molecular formula is C20H26N2O. The van der Waals surface area contributed by atoms with E-state index in [0.717, 1.165) is 31.5 Å². The van der Waals surface area contributed by atoms with Crippen molar-refractivity contribution in [1.29, 1.82) is 0 Å². The van der Waals surface area contributed by atoms with Gasteiger partial charge in [0.15, 0.2) is 0 Å². The Morgan fingerprint density at radius 3 is 2.57 bits per heavy atom. The van der Waals surface area contributed by atoms with Gasteiger partial charge in [-0.1, -0.05) is 42.5 Å². The third-order valence-electron chi connectivity index (χ3n) is 4.86. The van der Waals surface area contributed by atoms with Crippen LogP contribution in [0.1, 0.15) is 32.3 Å². The summed E-state index contributed by atoms with van der Waals surface area (Å²) in [4.78, 5) is 14.9. The molecule has 1 N–H and O–H groups in total. The van der Waals surface area contributed by atoms with Gasteiger partial charge in [0, 0.05) is 25.2 Å². The molecule has 0 aromatic heterocycles. The fourth-order valence-electron chi connectivity index (χ4n) is 3.46. The second kappa shape index (κ2) is 7.14. The molecule has 1 aliphatic rings. The van der Waals surface area contributed by atoms with Gasteiger partial charge in [0.1, 0.15) is 0 Å². The lowest BCUT2D eigenvalue weighted by molar-refractivity contribution is -0.121. The Balaban J connectivity index is 1.59. The number of nitrogens with zero attached hydrogens (tertiary/aromatic N) is 1. The smallest absolute Gasteiger partial charge is 0.224 e. The van der Waals surface area contributed by atoms with E-state index in [1.54, 1.807) is 0 Å². The predicted octanol–water partition coefficient (Wildman–Crippen LogP) is 3.37. The molecule has 0 unspecified atom stereocenters. The van der Waals surface area contributed by atoms with Gasteiger partial charge in [0.2, 0.25) is 5.91 Å². The van der Waals surface area contributed by atoms with Gasteiger partial charge in [-0.15, -0.1) is 0 Å². The van der Waals surface area contributed by atoms with Crippen molar-refractivity contribution in [2.45, 2.75) is 45.2 Å². The van der Waals surface area contributed by atoms with Crippen LogP contribution in [0.15, 0.2) is 42.5 Å². The number of benzene rings is 2. The van der Waals surface area contributed by atoms with E-state index in [4.69, 9.17) is 0 Å². The lowest BCUT2D eigenvalue weighted by Crippen LogP contribution is -2.46. The first kappa shape index (κ1) is 16.0. The standard InChI is InChI=1S/C20H26N2O/c1-15(2)22-12-10-18(11-13-22)21-20(23)14-17-8-5-7-16-6-3-4-9-19(16)17/h3-9,15,18H,10-14H2,1-2H3,(H,21,23). The van der Waals surface area contributed by atoms with Crippen molar-refractivity contribution in [1.82, 2.24) is 10.2 Å². The normalized spacial score (nSPS) is 16.8. The highest BCUT2D eigenvalue weighted by Crippen LogP contribution is 2.19. The highest BCUT2D eigenvalue weighted by molar-refractivity contribution is 5.90. The molecule has 0 saturated carbocycles. The van der Waals surface area contributed by atoms with E-state index in [1.807, 2.05) is 18.2 Å². The molecule has 1 heterocycles. The molecule has 1 amide bonds. The highest BCUT2D eigenvalue weighted by atomic mass is 16.1. The summed E-state index contributed by atoms with van der Waals surface area (Å²) in [6.07, 6.45) is 2.57. The SMILES string of the molecule is CC(C)N1CCC(NC(=O)Cc2cccc3ccccc23)CC1. The van der Waals surface area contributed by atoms with Crippen molar-refractivity contribution in [3.05, 3.63) is 48.0 Å². The summed E-state index contributed by atoms with van der Waals surface area (Å²) in [7, 11) is 0. The Bertz CT molecular complexity index is 667. The zero-order valence-corrected chi connectivity index (χ0v) is 14.1. The van der Waals surface area contributed by atoms with Crippen molar-refractivity contribution in [3.63, 3.8) is 0 Å². The van der Waals surface area contributed by atoms with Gasteiger partial charge in [-0.05, 0) is 43.0 Å². The average molecular weight is 310 g/mol. The first-order chi connectivity index (χ1) is 11.1. The Hall–Kier alpha value is -1.87. The molecule has 1 fully saturated rings. The molecule has 0 radical (unpaired) electrons. The van der Waals surface area contributed by atoms with Gasteiger partial charge >= 0.3 is 0 Å². The van der Waals surface area contributed by atoms with Crippen LogP contribution in [0.5, 0.6) is 0 Å². The molecule has 0 spiro atoms. The fourth-order valence-corrected chi connectivity index (χ4v) is 3.46. The molecule has 0 atom stereocenters. The Morgan fingerprint density at radius 1 is 1.13 bits per heavy atom.